The Morgan fingerprint density at radius 2 is 1.28 bits per heavy atom. The normalized spacial score (nSPS) is 17.6. The largest absolute Gasteiger partial charge is 0.334 e. The molecular formula is C60H52N4. The average molecular weight is 829 g/mol. The van der Waals surface area contributed by atoms with Crippen molar-refractivity contribution in [2.75, 3.05) is 9.80 Å². The maximum atomic E-state index is 2.63. The fourth-order valence-electron chi connectivity index (χ4n) is 11.8. The lowest BCUT2D eigenvalue weighted by atomic mass is 9.88. The quantitative estimate of drug-likeness (QED) is 0.152. The molecule has 6 aromatic carbocycles. The molecular weight excluding hydrogens is 777 g/mol. The molecule has 2 unspecified atom stereocenters. The van der Waals surface area contributed by atoms with Gasteiger partial charge in [0, 0.05) is 60.3 Å². The highest BCUT2D eigenvalue weighted by Gasteiger charge is 2.31. The number of rotatable bonds is 8. The zero-order valence-electron chi connectivity index (χ0n) is 37.1. The second-order valence-electron chi connectivity index (χ2n) is 19.1. The number of hydrogen-bond acceptors (Lipinski definition) is 2. The Morgan fingerprint density at radius 3 is 2.02 bits per heavy atom. The first-order valence-corrected chi connectivity index (χ1v) is 23.5. The highest BCUT2D eigenvalue weighted by atomic mass is 15.2. The van der Waals surface area contributed by atoms with E-state index < -0.39 is 0 Å². The van der Waals surface area contributed by atoms with Crippen LogP contribution in [-0.4, -0.2) is 14.8 Å². The standard InChI is InChI=1S/C60H52N4/c1-37(2)39-23-27-43(28-24-39)61(41-15-7-5-8-16-41)53-33-31-45-49-35-56-50(36-55(49)63-51-21-13-11-19-47(51)57(53)59(45)63)46-32-34-54(58-48-20-12-14-22-52(48)64(56)60(46)58)62(42-17-9-6-10-18-42)44-29-25-40(26-30-44)38(3)4/h5-17,19-25,27-30,32,34-38,40,42H,18,26,31,33H2,1-4H3. The van der Waals surface area contributed by atoms with Gasteiger partial charge in [0.15, 0.2) is 0 Å². The van der Waals surface area contributed by atoms with E-state index in [1.54, 1.807) is 0 Å². The molecule has 0 bridgehead atoms. The molecule has 4 nitrogen and oxygen atoms in total. The molecule has 0 fully saturated rings. The summed E-state index contributed by atoms with van der Waals surface area (Å²) in [4.78, 5) is 5.17. The van der Waals surface area contributed by atoms with Gasteiger partial charge in [-0.3, -0.25) is 0 Å². The second kappa shape index (κ2) is 14.2. The summed E-state index contributed by atoms with van der Waals surface area (Å²) in [7, 11) is 0. The van der Waals surface area contributed by atoms with E-state index in [0.717, 1.165) is 25.7 Å². The number of aromatic nitrogens is 2. The molecule has 4 heterocycles. The molecule has 3 aliphatic carbocycles. The molecule has 13 rings (SSSR count). The minimum Gasteiger partial charge on any atom is -0.334 e. The molecule has 64 heavy (non-hydrogen) atoms. The zero-order chi connectivity index (χ0) is 42.8. The summed E-state index contributed by atoms with van der Waals surface area (Å²) in [6.45, 7) is 9.23. The zero-order valence-corrected chi connectivity index (χ0v) is 37.1. The minimum absolute atomic E-state index is 0.232. The van der Waals surface area contributed by atoms with Crippen molar-refractivity contribution in [3.8, 4) is 0 Å². The Labute approximate surface area is 374 Å². The van der Waals surface area contributed by atoms with E-state index in [1.165, 1.54) is 110 Å². The number of nitrogens with zero attached hydrogens (tertiary/aromatic N) is 4. The van der Waals surface area contributed by atoms with Gasteiger partial charge >= 0.3 is 0 Å². The van der Waals surface area contributed by atoms with Crippen molar-refractivity contribution in [2.24, 2.45) is 11.8 Å². The summed E-state index contributed by atoms with van der Waals surface area (Å²) >= 11 is 0. The van der Waals surface area contributed by atoms with Gasteiger partial charge in [0.2, 0.25) is 0 Å². The molecule has 4 heteroatoms. The Hall–Kier alpha value is -7.04. The van der Waals surface area contributed by atoms with Gasteiger partial charge in [-0.15, -0.1) is 0 Å². The maximum Gasteiger partial charge on any atom is 0.0641 e. The molecule has 10 aromatic rings. The summed E-state index contributed by atoms with van der Waals surface area (Å²) in [6, 6.07) is 48.7. The number of para-hydroxylation sites is 3. The summed E-state index contributed by atoms with van der Waals surface area (Å²) in [5.74, 6) is 1.67. The van der Waals surface area contributed by atoms with E-state index >= 15 is 0 Å². The predicted molar refractivity (Wildman–Crippen MR) is 272 cm³/mol. The highest BCUT2D eigenvalue weighted by Crippen LogP contribution is 2.48. The van der Waals surface area contributed by atoms with Crippen molar-refractivity contribution in [3.63, 3.8) is 0 Å². The van der Waals surface area contributed by atoms with Gasteiger partial charge in [-0.2, -0.15) is 0 Å². The van der Waals surface area contributed by atoms with E-state index in [9.17, 15) is 0 Å². The number of fused-ring (bicyclic) bond motifs is 12. The van der Waals surface area contributed by atoms with Gasteiger partial charge in [-0.1, -0.05) is 137 Å². The Bertz CT molecular complexity index is 3680. The molecule has 0 amide bonds. The SMILES string of the molecule is CC(C)c1ccc(N(C2=c3c4ccccc4n4c3c(c3cc5c(cc34)c3ccc(N(C4=CCC(C(C)C)C=C4)C4C=CC=CC4)c4c6ccccc6n5c34)CC2)c2ccccc2)cc1. The molecule has 4 aromatic heterocycles. The Balaban J connectivity index is 1.08. The van der Waals surface area contributed by atoms with Crippen molar-refractivity contribution in [1.82, 2.24) is 8.80 Å². The average Bonchev–Trinajstić information content (AvgIpc) is 4.06. The van der Waals surface area contributed by atoms with Crippen LogP contribution in [0.1, 0.15) is 64.0 Å². The molecule has 0 radical (unpaired) electrons. The molecule has 0 saturated heterocycles. The van der Waals surface area contributed by atoms with Crippen molar-refractivity contribution in [2.45, 2.75) is 65.3 Å². The first kappa shape index (κ1) is 37.5. The third-order valence-electron chi connectivity index (χ3n) is 15.0. The van der Waals surface area contributed by atoms with Crippen LogP contribution in [0.4, 0.5) is 17.1 Å². The van der Waals surface area contributed by atoms with Crippen molar-refractivity contribution in [1.29, 1.82) is 0 Å². The lowest BCUT2D eigenvalue weighted by molar-refractivity contribution is 0.465. The lowest BCUT2D eigenvalue weighted by Gasteiger charge is -2.36. The van der Waals surface area contributed by atoms with Crippen LogP contribution in [0.5, 0.6) is 0 Å². The van der Waals surface area contributed by atoms with Crippen molar-refractivity contribution < 1.29 is 0 Å². The summed E-state index contributed by atoms with van der Waals surface area (Å²) in [6.07, 6.45) is 20.4. The molecule has 0 N–H and O–H groups in total. The van der Waals surface area contributed by atoms with Gasteiger partial charge in [0.1, 0.15) is 0 Å². The second-order valence-corrected chi connectivity index (χ2v) is 19.1. The first-order valence-electron chi connectivity index (χ1n) is 23.5. The number of anilines is 3. The number of aryl methyl sites for hydroxylation is 1. The van der Waals surface area contributed by atoms with E-state index in [4.69, 9.17) is 0 Å². The van der Waals surface area contributed by atoms with Gasteiger partial charge in [-0.05, 0) is 115 Å². The monoisotopic (exact) mass is 828 g/mol. The minimum atomic E-state index is 0.232. The van der Waals surface area contributed by atoms with E-state index in [0.29, 0.717) is 17.8 Å². The van der Waals surface area contributed by atoms with Crippen molar-refractivity contribution >= 4 is 88.2 Å². The predicted octanol–water partition coefficient (Wildman–Crippen LogP) is 14.9. The van der Waals surface area contributed by atoms with Gasteiger partial charge < -0.3 is 18.6 Å². The maximum absolute atomic E-state index is 2.63. The van der Waals surface area contributed by atoms with E-state index in [1.807, 2.05) is 0 Å². The fraction of sp³-hybridized carbons (Fsp3) is 0.200. The molecule has 0 saturated carbocycles. The van der Waals surface area contributed by atoms with Crippen LogP contribution < -0.4 is 15.0 Å². The van der Waals surface area contributed by atoms with Crippen LogP contribution in [0.25, 0.3) is 71.1 Å². The lowest BCUT2D eigenvalue weighted by Crippen LogP contribution is -2.34. The van der Waals surface area contributed by atoms with Gasteiger partial charge in [0.25, 0.3) is 0 Å². The number of benzene rings is 6. The van der Waals surface area contributed by atoms with Crippen LogP contribution >= 0.6 is 0 Å². The summed E-state index contributed by atoms with van der Waals surface area (Å²) in [5, 5.41) is 9.32. The van der Waals surface area contributed by atoms with Crippen LogP contribution in [0.15, 0.2) is 176 Å². The Morgan fingerprint density at radius 1 is 0.578 bits per heavy atom. The molecule has 0 spiro atoms. The molecule has 2 atom stereocenters. The van der Waals surface area contributed by atoms with Crippen LogP contribution in [-0.2, 0) is 6.42 Å². The van der Waals surface area contributed by atoms with Crippen LogP contribution in [0.2, 0.25) is 0 Å². The third kappa shape index (κ3) is 5.35. The van der Waals surface area contributed by atoms with E-state index in [2.05, 4.69) is 216 Å². The van der Waals surface area contributed by atoms with Crippen LogP contribution in [0, 0.1) is 11.8 Å². The van der Waals surface area contributed by atoms with Gasteiger partial charge in [0.05, 0.1) is 44.8 Å². The topological polar surface area (TPSA) is 15.3 Å². The van der Waals surface area contributed by atoms with E-state index in [-0.39, 0.29) is 6.04 Å². The molecule has 3 aliphatic rings. The van der Waals surface area contributed by atoms with Crippen molar-refractivity contribution in [3.05, 3.63) is 192 Å². The number of hydrogen-bond donors (Lipinski definition) is 0. The summed E-state index contributed by atoms with van der Waals surface area (Å²) < 4.78 is 5.20. The van der Waals surface area contributed by atoms with Crippen LogP contribution in [0.3, 0.4) is 0 Å². The highest BCUT2D eigenvalue weighted by molar-refractivity contribution is 6.28. The first-order chi connectivity index (χ1) is 31.4. The molecule has 312 valence electrons. The van der Waals surface area contributed by atoms with Gasteiger partial charge in [-0.25, -0.2) is 0 Å². The smallest absolute Gasteiger partial charge is 0.0641 e. The Kier molecular flexibility index (Phi) is 8.34. The third-order valence-corrected chi connectivity index (χ3v) is 15.0. The summed E-state index contributed by atoms with van der Waals surface area (Å²) in [5.41, 5.74) is 17.0. The fourth-order valence-corrected chi connectivity index (χ4v) is 11.8. The molecule has 0 aliphatic heterocycles. The number of allylic oxidation sites excluding steroid dienone is 5.